The number of ether oxygens (including phenoxy) is 1. The molecule has 0 saturated carbocycles. The first-order chi connectivity index (χ1) is 12.2. The van der Waals surface area contributed by atoms with Gasteiger partial charge in [-0.25, -0.2) is 4.98 Å². The highest BCUT2D eigenvalue weighted by Crippen LogP contribution is 2.31. The van der Waals surface area contributed by atoms with E-state index in [1.807, 2.05) is 6.07 Å². The Labute approximate surface area is 145 Å². The number of fused-ring (bicyclic) bond motifs is 1. The molecule has 1 aliphatic heterocycles. The van der Waals surface area contributed by atoms with E-state index in [2.05, 4.69) is 54.5 Å². The number of methoxy groups -OCH3 is 1. The number of benzene rings is 1. The number of hydrogen-bond acceptors (Lipinski definition) is 7. The molecule has 0 radical (unpaired) electrons. The van der Waals surface area contributed by atoms with Gasteiger partial charge in [-0.05, 0) is 19.2 Å². The van der Waals surface area contributed by atoms with Crippen LogP contribution in [0, 0.1) is 0 Å². The van der Waals surface area contributed by atoms with Gasteiger partial charge in [0.2, 0.25) is 5.95 Å². The summed E-state index contributed by atoms with van der Waals surface area (Å²) in [6, 6.07) is 6.17. The number of H-pyrrole nitrogens is 1. The van der Waals surface area contributed by atoms with Crippen LogP contribution in [-0.4, -0.2) is 65.4 Å². The zero-order valence-corrected chi connectivity index (χ0v) is 14.4. The fourth-order valence-electron chi connectivity index (χ4n) is 2.96. The van der Waals surface area contributed by atoms with Gasteiger partial charge in [-0.2, -0.15) is 10.1 Å². The number of rotatable bonds is 4. The van der Waals surface area contributed by atoms with Gasteiger partial charge < -0.3 is 19.9 Å². The third-order valence-electron chi connectivity index (χ3n) is 4.49. The second kappa shape index (κ2) is 6.56. The van der Waals surface area contributed by atoms with Crippen molar-refractivity contribution < 1.29 is 4.74 Å². The van der Waals surface area contributed by atoms with Crippen molar-refractivity contribution in [2.45, 2.75) is 0 Å². The van der Waals surface area contributed by atoms with Crippen molar-refractivity contribution in [3.8, 4) is 5.75 Å². The lowest BCUT2D eigenvalue weighted by atomic mass is 10.2. The predicted octanol–water partition coefficient (Wildman–Crippen LogP) is 1.86. The number of aromatic nitrogens is 4. The molecule has 1 fully saturated rings. The zero-order chi connectivity index (χ0) is 17.2. The molecule has 1 saturated heterocycles. The molecule has 0 spiro atoms. The molecule has 8 heteroatoms. The van der Waals surface area contributed by atoms with Gasteiger partial charge in [0.1, 0.15) is 5.75 Å². The maximum Gasteiger partial charge on any atom is 0.229 e. The predicted molar refractivity (Wildman–Crippen MR) is 97.7 cm³/mol. The van der Waals surface area contributed by atoms with E-state index in [4.69, 9.17) is 4.74 Å². The minimum atomic E-state index is 0.502. The molecule has 4 rings (SSSR count). The van der Waals surface area contributed by atoms with Crippen molar-refractivity contribution in [3.05, 3.63) is 30.6 Å². The van der Waals surface area contributed by atoms with Crippen LogP contribution < -0.4 is 15.0 Å². The first-order valence-electron chi connectivity index (χ1n) is 8.27. The number of anilines is 3. The molecule has 0 bridgehead atoms. The van der Waals surface area contributed by atoms with Crippen LogP contribution in [-0.2, 0) is 0 Å². The van der Waals surface area contributed by atoms with Gasteiger partial charge in [-0.1, -0.05) is 0 Å². The maximum atomic E-state index is 5.57. The van der Waals surface area contributed by atoms with Gasteiger partial charge >= 0.3 is 0 Å². The molecule has 130 valence electrons. The smallest absolute Gasteiger partial charge is 0.229 e. The van der Waals surface area contributed by atoms with Crippen LogP contribution in [0.5, 0.6) is 5.75 Å². The number of aromatic amines is 1. The van der Waals surface area contributed by atoms with Gasteiger partial charge in [-0.15, -0.1) is 0 Å². The van der Waals surface area contributed by atoms with Crippen LogP contribution in [0.4, 0.5) is 17.3 Å². The van der Waals surface area contributed by atoms with Crippen LogP contribution in [0.2, 0.25) is 0 Å². The summed E-state index contributed by atoms with van der Waals surface area (Å²) in [7, 11) is 3.83. The highest BCUT2D eigenvalue weighted by atomic mass is 16.5. The van der Waals surface area contributed by atoms with Crippen molar-refractivity contribution in [2.24, 2.45) is 0 Å². The molecule has 3 aromatic rings. The molecule has 2 N–H and O–H groups in total. The lowest BCUT2D eigenvalue weighted by Gasteiger charge is -2.34. The number of likely N-dealkylation sites (N-methyl/N-ethyl adjacent to an activating group) is 1. The van der Waals surface area contributed by atoms with E-state index in [0.717, 1.165) is 43.0 Å². The van der Waals surface area contributed by atoms with Crippen molar-refractivity contribution in [1.82, 2.24) is 25.1 Å². The summed E-state index contributed by atoms with van der Waals surface area (Å²) in [5.74, 6) is 1.27. The zero-order valence-electron chi connectivity index (χ0n) is 14.4. The van der Waals surface area contributed by atoms with Crippen LogP contribution in [0.25, 0.3) is 11.0 Å². The quantitative estimate of drug-likeness (QED) is 0.751. The summed E-state index contributed by atoms with van der Waals surface area (Å²) in [5, 5.41) is 10.9. The molecule has 1 aromatic carbocycles. The average Bonchev–Trinajstić information content (AvgIpc) is 3.10. The lowest BCUT2D eigenvalue weighted by molar-refractivity contribution is 0.312. The summed E-state index contributed by atoms with van der Waals surface area (Å²) in [6.45, 7) is 4.18. The van der Waals surface area contributed by atoms with Crippen molar-refractivity contribution in [2.75, 3.05) is 50.6 Å². The van der Waals surface area contributed by atoms with E-state index in [0.29, 0.717) is 11.6 Å². The molecule has 0 atom stereocenters. The Balaban J connectivity index is 1.56. The van der Waals surface area contributed by atoms with E-state index in [9.17, 15) is 0 Å². The van der Waals surface area contributed by atoms with Crippen molar-refractivity contribution in [3.63, 3.8) is 0 Å². The molecule has 1 aliphatic rings. The van der Waals surface area contributed by atoms with Gasteiger partial charge in [0, 0.05) is 44.1 Å². The molecule has 25 heavy (non-hydrogen) atoms. The Morgan fingerprint density at radius 2 is 2.00 bits per heavy atom. The molecule has 0 amide bonds. The normalized spacial score (nSPS) is 15.5. The Hall–Kier alpha value is -2.87. The summed E-state index contributed by atoms with van der Waals surface area (Å²) in [6.07, 6.45) is 3.43. The fraction of sp³-hybridized carbons (Fsp3) is 0.353. The van der Waals surface area contributed by atoms with Gasteiger partial charge in [0.05, 0.1) is 24.4 Å². The molecule has 0 unspecified atom stereocenters. The second-order valence-corrected chi connectivity index (χ2v) is 6.17. The molecular formula is C17H21N7O. The van der Waals surface area contributed by atoms with E-state index in [1.54, 1.807) is 19.5 Å². The van der Waals surface area contributed by atoms with Gasteiger partial charge in [-0.3, -0.25) is 5.10 Å². The number of nitrogens with one attached hydrogen (secondary N) is 2. The largest absolute Gasteiger partial charge is 0.494 e. The summed E-state index contributed by atoms with van der Waals surface area (Å²) in [5.41, 5.74) is 2.70. The highest BCUT2D eigenvalue weighted by Gasteiger charge is 2.16. The Kier molecular flexibility index (Phi) is 4.10. The fourth-order valence-corrected chi connectivity index (χ4v) is 2.96. The molecular weight excluding hydrogens is 318 g/mol. The van der Waals surface area contributed by atoms with Crippen LogP contribution >= 0.6 is 0 Å². The number of hydrogen-bond donors (Lipinski definition) is 2. The first kappa shape index (κ1) is 15.6. The summed E-state index contributed by atoms with van der Waals surface area (Å²) >= 11 is 0. The maximum absolute atomic E-state index is 5.57. The van der Waals surface area contributed by atoms with E-state index >= 15 is 0 Å². The third-order valence-corrected chi connectivity index (χ3v) is 4.49. The van der Waals surface area contributed by atoms with Crippen molar-refractivity contribution >= 4 is 28.4 Å². The summed E-state index contributed by atoms with van der Waals surface area (Å²) < 4.78 is 5.57. The molecule has 8 nitrogen and oxygen atoms in total. The minimum Gasteiger partial charge on any atom is -0.494 e. The second-order valence-electron chi connectivity index (χ2n) is 6.17. The SMILES string of the molecule is COc1cc(N2CCN(C)CC2)ccc1Nc1ncc2cn[nH]c2n1. The van der Waals surface area contributed by atoms with E-state index < -0.39 is 0 Å². The molecule has 3 heterocycles. The Morgan fingerprint density at radius 1 is 1.16 bits per heavy atom. The Morgan fingerprint density at radius 3 is 2.80 bits per heavy atom. The van der Waals surface area contributed by atoms with E-state index in [-0.39, 0.29) is 0 Å². The number of piperazine rings is 1. The van der Waals surface area contributed by atoms with Gasteiger partial charge in [0.25, 0.3) is 0 Å². The minimum absolute atomic E-state index is 0.502. The molecule has 2 aromatic heterocycles. The highest BCUT2D eigenvalue weighted by molar-refractivity contribution is 5.75. The summed E-state index contributed by atoms with van der Waals surface area (Å²) in [4.78, 5) is 13.4. The third kappa shape index (κ3) is 3.20. The van der Waals surface area contributed by atoms with Crippen molar-refractivity contribution in [1.29, 1.82) is 0 Å². The van der Waals surface area contributed by atoms with Crippen LogP contribution in [0.1, 0.15) is 0 Å². The van der Waals surface area contributed by atoms with Crippen LogP contribution in [0.15, 0.2) is 30.6 Å². The number of nitrogens with zero attached hydrogens (tertiary/aromatic N) is 5. The monoisotopic (exact) mass is 339 g/mol. The topological polar surface area (TPSA) is 82.2 Å². The standard InChI is InChI=1S/C17H21N7O/c1-23-5-7-24(8-6-23)13-3-4-14(15(9-13)25-2)20-17-18-10-12-11-19-22-16(12)21-17/h3-4,9-11H,5-8H2,1-2H3,(H2,18,19,20,21,22). The average molecular weight is 339 g/mol. The lowest BCUT2D eigenvalue weighted by Crippen LogP contribution is -2.44. The Bertz CT molecular complexity index is 870. The van der Waals surface area contributed by atoms with Gasteiger partial charge in [0.15, 0.2) is 5.65 Å². The first-order valence-corrected chi connectivity index (χ1v) is 8.27. The van der Waals surface area contributed by atoms with Crippen LogP contribution in [0.3, 0.4) is 0 Å². The molecule has 0 aliphatic carbocycles. The van der Waals surface area contributed by atoms with E-state index in [1.165, 1.54) is 5.69 Å².